The number of carbonyl (C=O) groups excluding carboxylic acids is 2. The van der Waals surface area contributed by atoms with E-state index in [1.54, 1.807) is 24.3 Å². The van der Waals surface area contributed by atoms with Gasteiger partial charge in [-0.15, -0.1) is 0 Å². The molecule has 0 radical (unpaired) electrons. The molecule has 8 nitrogen and oxygen atoms in total. The van der Waals surface area contributed by atoms with E-state index in [1.807, 2.05) is 35.9 Å². The molecule has 0 spiro atoms. The van der Waals surface area contributed by atoms with Crippen LogP contribution in [0.5, 0.6) is 5.75 Å². The second-order valence-electron chi connectivity index (χ2n) is 7.12. The summed E-state index contributed by atoms with van der Waals surface area (Å²) in [5.74, 6) is -0.509. The smallest absolute Gasteiger partial charge is 0.268 e. The van der Waals surface area contributed by atoms with Gasteiger partial charge in [-0.05, 0) is 43.5 Å². The van der Waals surface area contributed by atoms with Crippen molar-refractivity contribution in [3.05, 3.63) is 65.6 Å². The topological polar surface area (TPSA) is 96.2 Å². The number of amides is 2. The third-order valence-electron chi connectivity index (χ3n) is 4.88. The van der Waals surface area contributed by atoms with Gasteiger partial charge in [0.15, 0.2) is 0 Å². The quantitative estimate of drug-likeness (QED) is 0.648. The normalized spacial score (nSPS) is 16.8. The number of hydroxylamine groups is 2. The van der Waals surface area contributed by atoms with Crippen LogP contribution in [-0.4, -0.2) is 44.1 Å². The Kier molecular flexibility index (Phi) is 5.18. The van der Waals surface area contributed by atoms with E-state index in [2.05, 4.69) is 10.3 Å². The number of aryl methyl sites for hydroxylation is 1. The second-order valence-corrected chi connectivity index (χ2v) is 7.12. The van der Waals surface area contributed by atoms with Crippen LogP contribution >= 0.6 is 0 Å². The third kappa shape index (κ3) is 4.07. The zero-order chi connectivity index (χ0) is 20.4. The summed E-state index contributed by atoms with van der Waals surface area (Å²) in [4.78, 5) is 29.2. The number of nitrogens with one attached hydrogen (secondary N) is 1. The van der Waals surface area contributed by atoms with Crippen molar-refractivity contribution in [2.75, 3.05) is 6.54 Å². The minimum atomic E-state index is -0.740. The number of benzene rings is 1. The summed E-state index contributed by atoms with van der Waals surface area (Å²) in [5.41, 5.74) is 3.02. The molecule has 4 rings (SSSR count). The van der Waals surface area contributed by atoms with Crippen molar-refractivity contribution in [3.8, 4) is 5.75 Å². The SMILES string of the molecule is Cc1ccc2nc(COc3ccccc3C(=O)NC3CCCN(O)C3=O)cn2c1. The molecule has 2 aromatic heterocycles. The zero-order valence-corrected chi connectivity index (χ0v) is 16.0. The first-order valence-corrected chi connectivity index (χ1v) is 9.48. The number of fused-ring (bicyclic) bond motifs is 1. The van der Waals surface area contributed by atoms with Gasteiger partial charge in [0.2, 0.25) is 0 Å². The molecule has 3 heterocycles. The number of imidazole rings is 1. The Morgan fingerprint density at radius 2 is 2.10 bits per heavy atom. The van der Waals surface area contributed by atoms with Crippen LogP contribution in [0, 0.1) is 6.92 Å². The lowest BCUT2D eigenvalue weighted by atomic mass is 10.1. The molecule has 0 saturated carbocycles. The fraction of sp³-hybridized carbons (Fsp3) is 0.286. The van der Waals surface area contributed by atoms with Gasteiger partial charge in [0.25, 0.3) is 11.8 Å². The van der Waals surface area contributed by atoms with Gasteiger partial charge in [-0.1, -0.05) is 18.2 Å². The Hall–Kier alpha value is -3.39. The summed E-state index contributed by atoms with van der Waals surface area (Å²) in [7, 11) is 0. The molecule has 29 heavy (non-hydrogen) atoms. The number of para-hydroxylation sites is 1. The number of carbonyl (C=O) groups is 2. The predicted octanol–water partition coefficient (Wildman–Crippen LogP) is 2.33. The summed E-state index contributed by atoms with van der Waals surface area (Å²) < 4.78 is 7.79. The fourth-order valence-electron chi connectivity index (χ4n) is 3.39. The van der Waals surface area contributed by atoms with Crippen LogP contribution in [0.15, 0.2) is 48.8 Å². The molecule has 2 N–H and O–H groups in total. The number of rotatable bonds is 5. The first kappa shape index (κ1) is 18.9. The molecular formula is C21H22N4O4. The minimum absolute atomic E-state index is 0.206. The van der Waals surface area contributed by atoms with Gasteiger partial charge in [-0.2, -0.15) is 0 Å². The Morgan fingerprint density at radius 3 is 2.97 bits per heavy atom. The number of nitrogens with zero attached hydrogens (tertiary/aromatic N) is 3. The van der Waals surface area contributed by atoms with Crippen molar-refractivity contribution >= 4 is 17.5 Å². The highest BCUT2D eigenvalue weighted by molar-refractivity contribution is 5.99. The summed E-state index contributed by atoms with van der Waals surface area (Å²) in [5, 5.41) is 12.9. The predicted molar refractivity (Wildman–Crippen MR) is 105 cm³/mol. The summed E-state index contributed by atoms with van der Waals surface area (Å²) in [6.07, 6.45) is 4.99. The molecule has 8 heteroatoms. The van der Waals surface area contributed by atoms with Gasteiger partial charge < -0.3 is 14.5 Å². The average Bonchev–Trinajstić information content (AvgIpc) is 3.12. The van der Waals surface area contributed by atoms with Crippen molar-refractivity contribution in [2.45, 2.75) is 32.4 Å². The largest absolute Gasteiger partial charge is 0.486 e. The summed E-state index contributed by atoms with van der Waals surface area (Å²) in [6.45, 7) is 2.50. The van der Waals surface area contributed by atoms with Gasteiger partial charge in [0.1, 0.15) is 24.0 Å². The molecule has 1 atom stereocenters. The molecule has 1 unspecified atom stereocenters. The Morgan fingerprint density at radius 1 is 1.28 bits per heavy atom. The standard InChI is InChI=1S/C21H22N4O4/c1-14-8-9-19-22-15(12-24(19)11-14)13-29-18-7-3-2-5-16(18)20(26)23-17-6-4-10-25(28)21(17)27/h2-3,5,7-9,11-12,17,28H,4,6,10,13H2,1H3,(H,23,26). The molecular weight excluding hydrogens is 372 g/mol. The number of ether oxygens (including phenoxy) is 1. The van der Waals surface area contributed by atoms with Gasteiger partial charge >= 0.3 is 0 Å². The maximum absolute atomic E-state index is 12.7. The number of hydrogen-bond donors (Lipinski definition) is 2. The van der Waals surface area contributed by atoms with E-state index < -0.39 is 17.9 Å². The number of aromatic nitrogens is 2. The van der Waals surface area contributed by atoms with Crippen LogP contribution in [0.2, 0.25) is 0 Å². The van der Waals surface area contributed by atoms with Gasteiger partial charge in [0.05, 0.1) is 11.3 Å². The molecule has 1 aromatic carbocycles. The van der Waals surface area contributed by atoms with Crippen molar-refractivity contribution in [1.82, 2.24) is 19.8 Å². The van der Waals surface area contributed by atoms with Crippen LogP contribution in [0.1, 0.15) is 34.5 Å². The highest BCUT2D eigenvalue weighted by Crippen LogP contribution is 2.20. The van der Waals surface area contributed by atoms with Crippen LogP contribution in [0.25, 0.3) is 5.65 Å². The molecule has 1 aliphatic heterocycles. The molecule has 150 valence electrons. The molecule has 1 saturated heterocycles. The Labute approximate surface area is 167 Å². The summed E-state index contributed by atoms with van der Waals surface area (Å²) in [6, 6.07) is 10.0. The molecule has 0 aliphatic carbocycles. The maximum Gasteiger partial charge on any atom is 0.268 e. The van der Waals surface area contributed by atoms with Gasteiger partial charge in [0, 0.05) is 18.9 Å². The first-order valence-electron chi connectivity index (χ1n) is 9.48. The monoisotopic (exact) mass is 394 g/mol. The lowest BCUT2D eigenvalue weighted by Crippen LogP contribution is -2.51. The molecule has 1 fully saturated rings. The highest BCUT2D eigenvalue weighted by Gasteiger charge is 2.30. The molecule has 0 bridgehead atoms. The Bertz CT molecular complexity index is 1060. The fourth-order valence-corrected chi connectivity index (χ4v) is 3.39. The molecule has 2 amide bonds. The van der Waals surface area contributed by atoms with Crippen LogP contribution in [-0.2, 0) is 11.4 Å². The van der Waals surface area contributed by atoms with E-state index >= 15 is 0 Å². The Balaban J connectivity index is 1.47. The minimum Gasteiger partial charge on any atom is -0.486 e. The molecule has 1 aliphatic rings. The van der Waals surface area contributed by atoms with Gasteiger partial charge in [-0.3, -0.25) is 14.8 Å². The van der Waals surface area contributed by atoms with E-state index in [-0.39, 0.29) is 13.2 Å². The molecule has 3 aromatic rings. The van der Waals surface area contributed by atoms with Gasteiger partial charge in [-0.25, -0.2) is 10.0 Å². The average molecular weight is 394 g/mol. The summed E-state index contributed by atoms with van der Waals surface area (Å²) >= 11 is 0. The van der Waals surface area contributed by atoms with Crippen molar-refractivity contribution in [3.63, 3.8) is 0 Å². The third-order valence-corrected chi connectivity index (χ3v) is 4.88. The van der Waals surface area contributed by atoms with Crippen molar-refractivity contribution in [2.24, 2.45) is 0 Å². The van der Waals surface area contributed by atoms with Crippen LogP contribution < -0.4 is 10.1 Å². The van der Waals surface area contributed by atoms with E-state index in [4.69, 9.17) is 4.74 Å². The van der Waals surface area contributed by atoms with Crippen LogP contribution in [0.4, 0.5) is 0 Å². The van der Waals surface area contributed by atoms with E-state index in [0.29, 0.717) is 29.2 Å². The first-order chi connectivity index (χ1) is 14.0. The number of piperidine rings is 1. The van der Waals surface area contributed by atoms with Crippen LogP contribution in [0.3, 0.4) is 0 Å². The van der Waals surface area contributed by atoms with Crippen molar-refractivity contribution < 1.29 is 19.5 Å². The number of hydrogen-bond acceptors (Lipinski definition) is 5. The van der Waals surface area contributed by atoms with Crippen molar-refractivity contribution in [1.29, 1.82) is 0 Å². The highest BCUT2D eigenvalue weighted by atomic mass is 16.5. The lowest BCUT2D eigenvalue weighted by Gasteiger charge is -2.28. The van der Waals surface area contributed by atoms with E-state index in [1.165, 1.54) is 0 Å². The maximum atomic E-state index is 12.7. The van der Waals surface area contributed by atoms with E-state index in [9.17, 15) is 14.8 Å². The second kappa shape index (κ2) is 7.92. The zero-order valence-electron chi connectivity index (χ0n) is 16.0. The number of pyridine rings is 1. The lowest BCUT2D eigenvalue weighted by molar-refractivity contribution is -0.172. The van der Waals surface area contributed by atoms with E-state index in [0.717, 1.165) is 16.9 Å².